The number of esters is 1. The lowest BCUT2D eigenvalue weighted by atomic mass is 10.2. The van der Waals surface area contributed by atoms with Crippen LogP contribution in [0.3, 0.4) is 0 Å². The lowest BCUT2D eigenvalue weighted by molar-refractivity contribution is -0.142. The van der Waals surface area contributed by atoms with Crippen LogP contribution in [0.2, 0.25) is 5.15 Å². The van der Waals surface area contributed by atoms with Crippen LogP contribution >= 0.6 is 22.9 Å². The predicted octanol–water partition coefficient (Wildman–Crippen LogP) is 4.90. The van der Waals surface area contributed by atoms with E-state index in [0.717, 1.165) is 21.7 Å². The van der Waals surface area contributed by atoms with Crippen LogP contribution in [0.5, 0.6) is 0 Å². The quantitative estimate of drug-likeness (QED) is 0.221. The number of hydrogen-bond acceptors (Lipinski definition) is 6. The lowest BCUT2D eigenvalue weighted by Gasteiger charge is -2.06. The number of halogens is 1. The minimum Gasteiger partial charge on any atom is -0.452 e. The summed E-state index contributed by atoms with van der Waals surface area (Å²) in [5.74, 6) is -1.16. The highest BCUT2D eigenvalue weighted by Crippen LogP contribution is 2.28. The van der Waals surface area contributed by atoms with Crippen molar-refractivity contribution < 1.29 is 14.3 Å². The first-order chi connectivity index (χ1) is 16.1. The van der Waals surface area contributed by atoms with Crippen LogP contribution in [0.25, 0.3) is 16.6 Å². The van der Waals surface area contributed by atoms with Crippen molar-refractivity contribution in [1.29, 1.82) is 0 Å². The molecule has 0 unspecified atom stereocenters. The van der Waals surface area contributed by atoms with E-state index in [1.165, 1.54) is 12.3 Å². The van der Waals surface area contributed by atoms with Crippen LogP contribution in [-0.4, -0.2) is 33.2 Å². The number of rotatable bonds is 8. The lowest BCUT2D eigenvalue weighted by Crippen LogP contribution is -2.20. The summed E-state index contributed by atoms with van der Waals surface area (Å²) in [6.07, 6.45) is 6.31. The van der Waals surface area contributed by atoms with Gasteiger partial charge in [0.1, 0.15) is 5.69 Å². The fourth-order valence-electron chi connectivity index (χ4n) is 3.02. The minimum absolute atomic E-state index is 0.158. The zero-order valence-electron chi connectivity index (χ0n) is 17.3. The summed E-state index contributed by atoms with van der Waals surface area (Å²) in [7, 11) is 0. The summed E-state index contributed by atoms with van der Waals surface area (Å²) in [6, 6.07) is 17.2. The van der Waals surface area contributed by atoms with Gasteiger partial charge in [-0.25, -0.2) is 9.78 Å². The predicted molar refractivity (Wildman–Crippen MR) is 129 cm³/mol. The van der Waals surface area contributed by atoms with E-state index < -0.39 is 18.5 Å². The van der Waals surface area contributed by atoms with Crippen LogP contribution in [0, 0.1) is 0 Å². The van der Waals surface area contributed by atoms with Gasteiger partial charge >= 0.3 is 5.97 Å². The van der Waals surface area contributed by atoms with Gasteiger partial charge in [0.15, 0.2) is 11.8 Å². The van der Waals surface area contributed by atoms with Crippen molar-refractivity contribution in [1.82, 2.24) is 14.8 Å². The van der Waals surface area contributed by atoms with Gasteiger partial charge in [0.05, 0.1) is 17.1 Å². The molecule has 1 aromatic carbocycles. The van der Waals surface area contributed by atoms with E-state index in [9.17, 15) is 9.59 Å². The highest BCUT2D eigenvalue weighted by Gasteiger charge is 2.12. The molecule has 1 N–H and O–H groups in total. The number of nitrogens with zero attached hydrogens (tertiary/aromatic N) is 3. The number of thiophene rings is 1. The Balaban J connectivity index is 1.41. The topological polar surface area (TPSA) is 86.1 Å². The molecule has 0 bridgehead atoms. The zero-order chi connectivity index (χ0) is 23.0. The maximum absolute atomic E-state index is 12.2. The van der Waals surface area contributed by atoms with Gasteiger partial charge in [-0.3, -0.25) is 9.48 Å². The maximum Gasteiger partial charge on any atom is 0.331 e. The first-order valence-electron chi connectivity index (χ1n) is 9.99. The van der Waals surface area contributed by atoms with E-state index in [1.807, 2.05) is 58.7 Å². The van der Waals surface area contributed by atoms with Gasteiger partial charge < -0.3 is 10.1 Å². The Labute approximate surface area is 199 Å². The molecule has 33 heavy (non-hydrogen) atoms. The molecule has 3 aromatic heterocycles. The monoisotopic (exact) mass is 478 g/mol. The van der Waals surface area contributed by atoms with Crippen molar-refractivity contribution in [2.75, 3.05) is 11.9 Å². The standard InChI is InChI=1S/C24H19ClN4O3S/c25-24-19(8-4-12-26-24)27-21(30)16-32-22(31)11-10-18-15-29(14-17-6-2-1-3-7-17)28-23(18)20-9-5-13-33-20/h1-13,15H,14,16H2,(H,27,30). The summed E-state index contributed by atoms with van der Waals surface area (Å²) in [6.45, 7) is 0.161. The van der Waals surface area contributed by atoms with Crippen LogP contribution in [-0.2, 0) is 20.9 Å². The molecule has 0 fully saturated rings. The summed E-state index contributed by atoms with van der Waals surface area (Å²) in [5, 5.41) is 9.37. The number of pyridine rings is 1. The van der Waals surface area contributed by atoms with Gasteiger partial charge in [-0.05, 0) is 35.2 Å². The van der Waals surface area contributed by atoms with Gasteiger partial charge in [-0.15, -0.1) is 11.3 Å². The first-order valence-corrected chi connectivity index (χ1v) is 11.2. The van der Waals surface area contributed by atoms with Gasteiger partial charge in [0.2, 0.25) is 0 Å². The molecular weight excluding hydrogens is 460 g/mol. The Morgan fingerprint density at radius 2 is 1.97 bits per heavy atom. The molecule has 0 aliphatic rings. The second-order valence-corrected chi connectivity index (χ2v) is 8.23. The second-order valence-electron chi connectivity index (χ2n) is 6.92. The molecule has 0 aliphatic heterocycles. The fourth-order valence-corrected chi connectivity index (χ4v) is 3.92. The third-order valence-electron chi connectivity index (χ3n) is 4.51. The van der Waals surface area contributed by atoms with Gasteiger partial charge in [-0.1, -0.05) is 48.0 Å². The third kappa shape index (κ3) is 6.15. The molecule has 0 spiro atoms. The summed E-state index contributed by atoms with van der Waals surface area (Å²) < 4.78 is 6.88. The number of amides is 1. The van der Waals surface area contributed by atoms with Crippen molar-refractivity contribution in [2.45, 2.75) is 6.54 Å². The van der Waals surface area contributed by atoms with E-state index in [0.29, 0.717) is 12.2 Å². The molecule has 3 heterocycles. The average molecular weight is 479 g/mol. The van der Waals surface area contributed by atoms with Gasteiger partial charge in [-0.2, -0.15) is 5.10 Å². The van der Waals surface area contributed by atoms with Crippen molar-refractivity contribution in [2.24, 2.45) is 0 Å². The van der Waals surface area contributed by atoms with Crippen molar-refractivity contribution in [3.05, 3.63) is 94.7 Å². The Bertz CT molecular complexity index is 1270. The molecule has 7 nitrogen and oxygen atoms in total. The molecule has 0 aliphatic carbocycles. The van der Waals surface area contributed by atoms with Crippen molar-refractivity contribution in [3.8, 4) is 10.6 Å². The second kappa shape index (κ2) is 10.7. The molecular formula is C24H19ClN4O3S. The Kier molecular flexibility index (Phi) is 7.29. The zero-order valence-corrected chi connectivity index (χ0v) is 18.9. The molecule has 166 valence electrons. The highest BCUT2D eigenvalue weighted by molar-refractivity contribution is 7.13. The SMILES string of the molecule is O=C(COC(=O)C=Cc1cn(Cc2ccccc2)nc1-c1cccs1)Nc1cccnc1Cl. The van der Waals surface area contributed by atoms with Crippen LogP contribution in [0.15, 0.2) is 78.4 Å². The normalized spacial score (nSPS) is 10.9. The number of nitrogens with one attached hydrogen (secondary N) is 1. The van der Waals surface area contributed by atoms with E-state index >= 15 is 0 Å². The molecule has 4 aromatic rings. The number of ether oxygens (including phenoxy) is 1. The first kappa shape index (κ1) is 22.4. The number of carbonyl (C=O) groups excluding carboxylic acids is 2. The minimum atomic E-state index is -0.643. The summed E-state index contributed by atoms with van der Waals surface area (Å²) in [5.41, 5.74) is 3.01. The smallest absolute Gasteiger partial charge is 0.331 e. The van der Waals surface area contributed by atoms with Crippen molar-refractivity contribution >= 4 is 46.6 Å². The van der Waals surface area contributed by atoms with E-state index in [-0.39, 0.29) is 5.15 Å². The van der Waals surface area contributed by atoms with Crippen LogP contribution < -0.4 is 5.32 Å². The summed E-state index contributed by atoms with van der Waals surface area (Å²) in [4.78, 5) is 29.1. The summed E-state index contributed by atoms with van der Waals surface area (Å²) >= 11 is 7.47. The molecule has 0 atom stereocenters. The molecule has 1 amide bonds. The molecule has 0 radical (unpaired) electrons. The number of hydrogen-bond donors (Lipinski definition) is 1. The van der Waals surface area contributed by atoms with Gasteiger partial charge in [0.25, 0.3) is 5.91 Å². The molecule has 0 saturated carbocycles. The largest absolute Gasteiger partial charge is 0.452 e. The van der Waals surface area contributed by atoms with Crippen LogP contribution in [0.4, 0.5) is 5.69 Å². The van der Waals surface area contributed by atoms with E-state index in [1.54, 1.807) is 29.5 Å². The Morgan fingerprint density at radius 1 is 1.12 bits per heavy atom. The molecule has 4 rings (SSSR count). The Morgan fingerprint density at radius 3 is 2.73 bits per heavy atom. The molecule has 0 saturated heterocycles. The number of anilines is 1. The number of benzene rings is 1. The van der Waals surface area contributed by atoms with E-state index in [4.69, 9.17) is 21.4 Å². The highest BCUT2D eigenvalue weighted by atomic mass is 35.5. The average Bonchev–Trinajstić information content (AvgIpc) is 3.48. The van der Waals surface area contributed by atoms with E-state index in [2.05, 4.69) is 10.3 Å². The Hall–Kier alpha value is -3.75. The number of carbonyl (C=O) groups is 2. The maximum atomic E-state index is 12.2. The van der Waals surface area contributed by atoms with Crippen LogP contribution in [0.1, 0.15) is 11.1 Å². The third-order valence-corrected chi connectivity index (χ3v) is 5.69. The fraction of sp³-hybridized carbons (Fsp3) is 0.0833. The van der Waals surface area contributed by atoms with Crippen molar-refractivity contribution in [3.63, 3.8) is 0 Å². The molecule has 9 heteroatoms. The van der Waals surface area contributed by atoms with Gasteiger partial charge in [0, 0.05) is 24.0 Å². The number of aromatic nitrogens is 3.